The molecule has 0 spiro atoms. The van der Waals surface area contributed by atoms with E-state index in [1.807, 2.05) is 32.2 Å². The molecule has 0 radical (unpaired) electrons. The van der Waals surface area contributed by atoms with Gasteiger partial charge in [0.05, 0.1) is 5.69 Å². The largest absolute Gasteiger partial charge is 0.345 e. The van der Waals surface area contributed by atoms with Crippen molar-refractivity contribution in [3.8, 4) is 11.1 Å². The van der Waals surface area contributed by atoms with Gasteiger partial charge in [0, 0.05) is 65.8 Å². The molecule has 172 valence electrons. The summed E-state index contributed by atoms with van der Waals surface area (Å²) in [6, 6.07) is 10.9. The van der Waals surface area contributed by atoms with Gasteiger partial charge in [-0.3, -0.25) is 9.78 Å². The predicted octanol–water partition coefficient (Wildman–Crippen LogP) is 4.65. The molecule has 6 heteroatoms. The van der Waals surface area contributed by atoms with Crippen LogP contribution in [0.1, 0.15) is 53.5 Å². The Morgan fingerprint density at radius 2 is 1.85 bits per heavy atom. The van der Waals surface area contributed by atoms with Crippen LogP contribution in [0.4, 0.5) is 0 Å². The lowest BCUT2D eigenvalue weighted by Gasteiger charge is -2.14. The number of nitrogens with two attached hydrogens (primary N) is 1. The van der Waals surface area contributed by atoms with Crippen LogP contribution >= 0.6 is 0 Å². The SMILES string of the molecule is Cc1cc(C)c(CNCc2cc(-c3ccc(CN)nc3)cc3c2c(C)cn3C(C)C)c(=O)[nH]1. The lowest BCUT2D eigenvalue weighted by Crippen LogP contribution is -2.23. The third-order valence-electron chi connectivity index (χ3n) is 6.24. The van der Waals surface area contributed by atoms with Crippen LogP contribution in [-0.4, -0.2) is 14.5 Å². The Bertz CT molecular complexity index is 1350. The molecule has 4 N–H and O–H groups in total. The van der Waals surface area contributed by atoms with Crippen molar-refractivity contribution in [1.29, 1.82) is 0 Å². The summed E-state index contributed by atoms with van der Waals surface area (Å²) < 4.78 is 2.33. The summed E-state index contributed by atoms with van der Waals surface area (Å²) in [6.07, 6.45) is 4.12. The number of fused-ring (bicyclic) bond motifs is 1. The lowest BCUT2D eigenvalue weighted by molar-refractivity contribution is 0.622. The van der Waals surface area contributed by atoms with Gasteiger partial charge in [-0.05, 0) is 81.1 Å². The molecule has 0 aliphatic carbocycles. The molecule has 1 aromatic carbocycles. The molecule has 3 aromatic heterocycles. The van der Waals surface area contributed by atoms with E-state index >= 15 is 0 Å². The molecular weight excluding hydrogens is 410 g/mol. The molecule has 0 amide bonds. The van der Waals surface area contributed by atoms with Gasteiger partial charge in [-0.15, -0.1) is 0 Å². The van der Waals surface area contributed by atoms with Crippen LogP contribution in [0.15, 0.2) is 47.5 Å². The van der Waals surface area contributed by atoms with Gasteiger partial charge >= 0.3 is 0 Å². The zero-order valence-electron chi connectivity index (χ0n) is 20.1. The molecule has 0 saturated carbocycles. The Morgan fingerprint density at radius 1 is 1.06 bits per heavy atom. The number of aromatic nitrogens is 3. The molecule has 4 aromatic rings. The molecule has 3 heterocycles. The van der Waals surface area contributed by atoms with Crippen LogP contribution in [0, 0.1) is 20.8 Å². The van der Waals surface area contributed by atoms with Gasteiger partial charge in [-0.25, -0.2) is 0 Å². The van der Waals surface area contributed by atoms with Crippen LogP contribution in [0.25, 0.3) is 22.0 Å². The third kappa shape index (κ3) is 4.63. The van der Waals surface area contributed by atoms with Gasteiger partial charge in [-0.2, -0.15) is 0 Å². The minimum Gasteiger partial charge on any atom is -0.345 e. The monoisotopic (exact) mass is 443 g/mol. The smallest absolute Gasteiger partial charge is 0.252 e. The Labute approximate surface area is 194 Å². The number of rotatable bonds is 7. The standard InChI is InChI=1S/C27H33N5O/c1-16(2)32-15-18(4)26-22(12-29-14-24-17(3)8-19(5)31-27(24)33)9-21(10-25(26)32)20-6-7-23(11-28)30-13-20/h6-10,13,15-16,29H,11-12,14,28H2,1-5H3,(H,31,33). The number of benzene rings is 1. The van der Waals surface area contributed by atoms with Gasteiger partial charge in [-0.1, -0.05) is 6.07 Å². The normalized spacial score (nSPS) is 11.6. The van der Waals surface area contributed by atoms with E-state index in [-0.39, 0.29) is 5.56 Å². The number of nitrogens with zero attached hydrogens (tertiary/aromatic N) is 2. The summed E-state index contributed by atoms with van der Waals surface area (Å²) in [6.45, 7) is 12.1. The van der Waals surface area contributed by atoms with Gasteiger partial charge in [0.25, 0.3) is 5.56 Å². The Morgan fingerprint density at radius 3 is 2.48 bits per heavy atom. The molecule has 0 atom stereocenters. The van der Waals surface area contributed by atoms with Gasteiger partial charge < -0.3 is 20.6 Å². The zero-order valence-corrected chi connectivity index (χ0v) is 20.1. The minimum absolute atomic E-state index is 0.0212. The second-order valence-corrected chi connectivity index (χ2v) is 9.13. The van der Waals surface area contributed by atoms with E-state index in [0.29, 0.717) is 25.7 Å². The summed E-state index contributed by atoms with van der Waals surface area (Å²) in [5.74, 6) is 0. The van der Waals surface area contributed by atoms with Crippen LogP contribution < -0.4 is 16.6 Å². The van der Waals surface area contributed by atoms with Crippen molar-refractivity contribution < 1.29 is 0 Å². The van der Waals surface area contributed by atoms with Crippen LogP contribution in [0.5, 0.6) is 0 Å². The summed E-state index contributed by atoms with van der Waals surface area (Å²) >= 11 is 0. The molecular formula is C27H33N5O. The Hall–Kier alpha value is -3.22. The highest BCUT2D eigenvalue weighted by molar-refractivity contribution is 5.91. The highest BCUT2D eigenvalue weighted by atomic mass is 16.1. The molecule has 0 aliphatic rings. The average molecular weight is 444 g/mol. The number of H-pyrrole nitrogens is 1. The summed E-state index contributed by atoms with van der Waals surface area (Å²) in [5, 5.41) is 4.78. The molecule has 0 saturated heterocycles. The first kappa shape index (κ1) is 23.0. The number of hydrogen-bond acceptors (Lipinski definition) is 4. The third-order valence-corrected chi connectivity index (χ3v) is 6.24. The van der Waals surface area contributed by atoms with Crippen molar-refractivity contribution in [2.24, 2.45) is 5.73 Å². The molecule has 0 aliphatic heterocycles. The van der Waals surface area contributed by atoms with Crippen LogP contribution in [0.3, 0.4) is 0 Å². The molecule has 4 rings (SSSR count). The van der Waals surface area contributed by atoms with Crippen molar-refractivity contribution in [2.75, 3.05) is 0 Å². The highest BCUT2D eigenvalue weighted by Crippen LogP contribution is 2.32. The maximum Gasteiger partial charge on any atom is 0.252 e. The average Bonchev–Trinajstić information content (AvgIpc) is 3.12. The summed E-state index contributed by atoms with van der Waals surface area (Å²) in [5.41, 5.74) is 15.1. The number of nitrogens with one attached hydrogen (secondary N) is 2. The molecule has 0 fully saturated rings. The van der Waals surface area contributed by atoms with Gasteiger partial charge in [0.1, 0.15) is 0 Å². The highest BCUT2D eigenvalue weighted by Gasteiger charge is 2.15. The second kappa shape index (κ2) is 9.33. The van der Waals surface area contributed by atoms with Crippen molar-refractivity contribution in [3.05, 3.63) is 86.7 Å². The molecule has 0 unspecified atom stereocenters. The number of aryl methyl sites for hydroxylation is 3. The molecule has 33 heavy (non-hydrogen) atoms. The van der Waals surface area contributed by atoms with Gasteiger partial charge in [0.2, 0.25) is 0 Å². The second-order valence-electron chi connectivity index (χ2n) is 9.13. The van der Waals surface area contributed by atoms with Crippen LogP contribution in [-0.2, 0) is 19.6 Å². The topological polar surface area (TPSA) is 88.7 Å². The first-order valence-corrected chi connectivity index (χ1v) is 11.5. The van der Waals surface area contributed by atoms with E-state index in [9.17, 15) is 4.79 Å². The van der Waals surface area contributed by atoms with E-state index in [4.69, 9.17) is 5.73 Å². The van der Waals surface area contributed by atoms with E-state index < -0.39 is 0 Å². The van der Waals surface area contributed by atoms with Crippen molar-refractivity contribution in [3.63, 3.8) is 0 Å². The molecule has 0 bridgehead atoms. The number of pyridine rings is 2. The zero-order chi connectivity index (χ0) is 23.7. The Balaban J connectivity index is 1.73. The fourth-order valence-corrected chi connectivity index (χ4v) is 4.56. The summed E-state index contributed by atoms with van der Waals surface area (Å²) in [7, 11) is 0. The molecule has 6 nitrogen and oxygen atoms in total. The van der Waals surface area contributed by atoms with Crippen molar-refractivity contribution in [2.45, 2.75) is 60.3 Å². The van der Waals surface area contributed by atoms with E-state index in [1.54, 1.807) is 0 Å². The van der Waals surface area contributed by atoms with E-state index in [0.717, 1.165) is 33.6 Å². The lowest BCUT2D eigenvalue weighted by atomic mass is 9.99. The summed E-state index contributed by atoms with van der Waals surface area (Å²) in [4.78, 5) is 19.8. The maximum atomic E-state index is 12.4. The van der Waals surface area contributed by atoms with Gasteiger partial charge in [0.15, 0.2) is 0 Å². The van der Waals surface area contributed by atoms with Crippen LogP contribution in [0.2, 0.25) is 0 Å². The maximum absolute atomic E-state index is 12.4. The van der Waals surface area contributed by atoms with E-state index in [1.165, 1.54) is 22.0 Å². The Kier molecular flexibility index (Phi) is 6.49. The first-order valence-electron chi connectivity index (χ1n) is 11.5. The van der Waals surface area contributed by atoms with Crippen molar-refractivity contribution in [1.82, 2.24) is 19.9 Å². The fourth-order valence-electron chi connectivity index (χ4n) is 4.56. The van der Waals surface area contributed by atoms with Crippen molar-refractivity contribution >= 4 is 10.9 Å². The number of aromatic amines is 1. The number of hydrogen-bond donors (Lipinski definition) is 3. The minimum atomic E-state index is -0.0212. The first-order chi connectivity index (χ1) is 15.8. The fraction of sp³-hybridized carbons (Fsp3) is 0.333. The predicted molar refractivity (Wildman–Crippen MR) is 135 cm³/mol. The quantitative estimate of drug-likeness (QED) is 0.388. The van der Waals surface area contributed by atoms with E-state index in [2.05, 4.69) is 65.0 Å².